The first-order valence-corrected chi connectivity index (χ1v) is 9.83. The van der Waals surface area contributed by atoms with Crippen LogP contribution in [0.3, 0.4) is 0 Å². The summed E-state index contributed by atoms with van der Waals surface area (Å²) in [5.74, 6) is 1.20. The van der Waals surface area contributed by atoms with E-state index in [-0.39, 0.29) is 24.1 Å². The van der Waals surface area contributed by atoms with Crippen LogP contribution in [0, 0.1) is 13.8 Å². The molecule has 4 rings (SSSR count). The molecule has 0 spiro atoms. The summed E-state index contributed by atoms with van der Waals surface area (Å²) in [7, 11) is 1.70. The van der Waals surface area contributed by atoms with Crippen molar-refractivity contribution in [2.75, 3.05) is 20.2 Å². The molecule has 146 valence electrons. The molecule has 0 radical (unpaired) electrons. The zero-order valence-corrected chi connectivity index (χ0v) is 16.8. The van der Waals surface area contributed by atoms with Crippen LogP contribution < -0.4 is 15.0 Å². The SMILES string of the molecule is Cc1sc2ncn(CC(=O)N(C)C[C@@H]3COc4ccccc4O3)c(=O)c2c1C. The monoisotopic (exact) mass is 399 g/mol. The lowest BCUT2D eigenvalue weighted by Gasteiger charge is -2.29. The third kappa shape index (κ3) is 3.35. The number of ether oxygens (including phenoxy) is 2. The van der Waals surface area contributed by atoms with E-state index in [1.807, 2.05) is 38.1 Å². The number of amides is 1. The fourth-order valence-corrected chi connectivity index (χ4v) is 4.20. The molecule has 0 bridgehead atoms. The third-order valence-electron chi connectivity index (χ3n) is 4.93. The smallest absolute Gasteiger partial charge is 0.262 e. The lowest BCUT2D eigenvalue weighted by molar-refractivity contribution is -0.132. The molecule has 0 aliphatic carbocycles. The zero-order valence-electron chi connectivity index (χ0n) is 16.0. The molecule has 3 aromatic rings. The summed E-state index contributed by atoms with van der Waals surface area (Å²) in [6.07, 6.45) is 1.19. The van der Waals surface area contributed by atoms with Crippen LogP contribution in [-0.4, -0.2) is 46.7 Å². The van der Waals surface area contributed by atoms with Crippen LogP contribution >= 0.6 is 11.3 Å². The highest BCUT2D eigenvalue weighted by molar-refractivity contribution is 7.18. The maximum Gasteiger partial charge on any atom is 0.262 e. The number of likely N-dealkylation sites (N-methyl/N-ethyl adjacent to an activating group) is 1. The molecule has 1 aliphatic heterocycles. The van der Waals surface area contributed by atoms with Crippen LogP contribution in [0.2, 0.25) is 0 Å². The van der Waals surface area contributed by atoms with Crippen molar-refractivity contribution in [2.45, 2.75) is 26.5 Å². The number of hydrogen-bond acceptors (Lipinski definition) is 6. The highest BCUT2D eigenvalue weighted by Gasteiger charge is 2.24. The fourth-order valence-electron chi connectivity index (χ4n) is 3.21. The Bertz CT molecular complexity index is 1100. The number of aryl methyl sites for hydroxylation is 2. The summed E-state index contributed by atoms with van der Waals surface area (Å²) in [5, 5.41) is 0.598. The molecule has 0 saturated heterocycles. The molecular weight excluding hydrogens is 378 g/mol. The number of benzene rings is 1. The van der Waals surface area contributed by atoms with Gasteiger partial charge in [0.15, 0.2) is 17.6 Å². The Morgan fingerprint density at radius 3 is 2.86 bits per heavy atom. The molecule has 0 fully saturated rings. The molecular formula is C20H21N3O4S. The Morgan fingerprint density at radius 1 is 1.32 bits per heavy atom. The van der Waals surface area contributed by atoms with E-state index in [1.54, 1.807) is 11.9 Å². The van der Waals surface area contributed by atoms with Gasteiger partial charge in [0.25, 0.3) is 5.56 Å². The van der Waals surface area contributed by atoms with Crippen LogP contribution in [0.15, 0.2) is 35.4 Å². The van der Waals surface area contributed by atoms with Crippen molar-refractivity contribution in [3.63, 3.8) is 0 Å². The van der Waals surface area contributed by atoms with Gasteiger partial charge in [-0.25, -0.2) is 4.98 Å². The van der Waals surface area contributed by atoms with E-state index >= 15 is 0 Å². The van der Waals surface area contributed by atoms with Gasteiger partial charge in [0.05, 0.1) is 18.3 Å². The molecule has 1 amide bonds. The van der Waals surface area contributed by atoms with Gasteiger partial charge in [-0.1, -0.05) is 12.1 Å². The molecule has 0 saturated carbocycles. The third-order valence-corrected chi connectivity index (χ3v) is 6.05. The second-order valence-corrected chi connectivity index (χ2v) is 8.12. The first-order valence-electron chi connectivity index (χ1n) is 9.01. The predicted octanol–water partition coefficient (Wildman–Crippen LogP) is 2.37. The number of hydrogen-bond donors (Lipinski definition) is 0. The highest BCUT2D eigenvalue weighted by atomic mass is 32.1. The Labute approximate surface area is 166 Å². The van der Waals surface area contributed by atoms with Crippen molar-refractivity contribution in [3.05, 3.63) is 51.4 Å². The summed E-state index contributed by atoms with van der Waals surface area (Å²) >= 11 is 1.49. The van der Waals surface area contributed by atoms with Gasteiger partial charge in [-0.15, -0.1) is 11.3 Å². The van der Waals surface area contributed by atoms with Gasteiger partial charge in [-0.05, 0) is 31.5 Å². The Balaban J connectivity index is 1.45. The van der Waals surface area contributed by atoms with E-state index in [2.05, 4.69) is 4.98 Å². The van der Waals surface area contributed by atoms with E-state index in [9.17, 15) is 9.59 Å². The standard InChI is InChI=1S/C20H21N3O4S/c1-12-13(2)28-19-18(12)20(25)23(11-21-19)9-17(24)22(3)8-14-10-26-15-6-4-5-7-16(15)27-14/h4-7,11,14H,8-10H2,1-3H3/t14-/m1/s1. The average Bonchev–Trinajstić information content (AvgIpc) is 2.98. The van der Waals surface area contributed by atoms with Gasteiger partial charge in [-0.3, -0.25) is 14.2 Å². The molecule has 3 heterocycles. The molecule has 0 N–H and O–H groups in total. The number of aromatic nitrogens is 2. The van der Waals surface area contributed by atoms with Crippen LogP contribution in [-0.2, 0) is 11.3 Å². The number of fused-ring (bicyclic) bond motifs is 2. The molecule has 7 nitrogen and oxygen atoms in total. The van der Waals surface area contributed by atoms with Gasteiger partial charge in [0.1, 0.15) is 18.0 Å². The van der Waals surface area contributed by atoms with Gasteiger partial charge in [0.2, 0.25) is 5.91 Å². The van der Waals surface area contributed by atoms with Crippen molar-refractivity contribution in [2.24, 2.45) is 0 Å². The summed E-state index contributed by atoms with van der Waals surface area (Å²) in [5.41, 5.74) is 0.749. The molecule has 28 heavy (non-hydrogen) atoms. The highest BCUT2D eigenvalue weighted by Crippen LogP contribution is 2.31. The van der Waals surface area contributed by atoms with Crippen LogP contribution in [0.5, 0.6) is 11.5 Å². The molecule has 1 atom stereocenters. The lowest BCUT2D eigenvalue weighted by atomic mass is 10.2. The number of carbonyl (C=O) groups is 1. The maximum absolute atomic E-state index is 12.8. The lowest BCUT2D eigenvalue weighted by Crippen LogP contribution is -2.43. The van der Waals surface area contributed by atoms with Gasteiger partial charge in [-0.2, -0.15) is 0 Å². The average molecular weight is 399 g/mol. The summed E-state index contributed by atoms with van der Waals surface area (Å²) in [6.45, 7) is 4.56. The van der Waals surface area contributed by atoms with Crippen molar-refractivity contribution in [1.29, 1.82) is 0 Å². The number of nitrogens with zero attached hydrogens (tertiary/aromatic N) is 3. The van der Waals surface area contributed by atoms with Gasteiger partial charge in [0, 0.05) is 11.9 Å². The zero-order chi connectivity index (χ0) is 19.8. The summed E-state index contributed by atoms with van der Waals surface area (Å²) in [6, 6.07) is 7.46. The molecule has 0 unspecified atom stereocenters. The van der Waals surface area contributed by atoms with E-state index in [4.69, 9.17) is 9.47 Å². The molecule has 1 aromatic carbocycles. The topological polar surface area (TPSA) is 73.7 Å². The normalized spacial score (nSPS) is 15.6. The first-order chi connectivity index (χ1) is 13.4. The second-order valence-electron chi connectivity index (χ2n) is 6.91. The Morgan fingerprint density at radius 2 is 2.07 bits per heavy atom. The van der Waals surface area contributed by atoms with Crippen LogP contribution in [0.1, 0.15) is 10.4 Å². The van der Waals surface area contributed by atoms with E-state index in [0.717, 1.165) is 10.4 Å². The van der Waals surface area contributed by atoms with Crippen LogP contribution in [0.25, 0.3) is 10.2 Å². The first kappa shape index (κ1) is 18.5. The maximum atomic E-state index is 12.8. The minimum absolute atomic E-state index is 0.0588. The summed E-state index contributed by atoms with van der Waals surface area (Å²) in [4.78, 5) is 33.1. The van der Waals surface area contributed by atoms with Crippen molar-refractivity contribution in [3.8, 4) is 11.5 Å². The number of rotatable bonds is 4. The molecule has 2 aromatic heterocycles. The number of para-hydroxylation sites is 2. The molecule has 1 aliphatic rings. The van der Waals surface area contributed by atoms with Crippen molar-refractivity contribution >= 4 is 27.5 Å². The minimum Gasteiger partial charge on any atom is -0.486 e. The fraction of sp³-hybridized carbons (Fsp3) is 0.350. The molecule has 8 heteroatoms. The largest absolute Gasteiger partial charge is 0.486 e. The van der Waals surface area contributed by atoms with Gasteiger partial charge >= 0.3 is 0 Å². The summed E-state index contributed by atoms with van der Waals surface area (Å²) < 4.78 is 13.0. The number of thiophene rings is 1. The second kappa shape index (κ2) is 7.27. The van der Waals surface area contributed by atoms with Crippen molar-refractivity contribution in [1.82, 2.24) is 14.5 Å². The Kier molecular flexibility index (Phi) is 4.80. The van der Waals surface area contributed by atoms with E-state index in [1.165, 1.54) is 22.2 Å². The Hall–Kier alpha value is -2.87. The number of carbonyl (C=O) groups excluding carboxylic acids is 1. The van der Waals surface area contributed by atoms with Crippen LogP contribution in [0.4, 0.5) is 0 Å². The van der Waals surface area contributed by atoms with Crippen molar-refractivity contribution < 1.29 is 14.3 Å². The van der Waals surface area contributed by atoms with E-state index < -0.39 is 0 Å². The predicted molar refractivity (Wildman–Crippen MR) is 107 cm³/mol. The quantitative estimate of drug-likeness (QED) is 0.673. The minimum atomic E-state index is -0.261. The van der Waals surface area contributed by atoms with E-state index in [0.29, 0.717) is 34.9 Å². The van der Waals surface area contributed by atoms with Gasteiger partial charge < -0.3 is 14.4 Å².